The van der Waals surface area contributed by atoms with Crippen molar-refractivity contribution in [1.29, 1.82) is 0 Å². The van der Waals surface area contributed by atoms with Gasteiger partial charge in [-0.15, -0.1) is 10.2 Å². The van der Waals surface area contributed by atoms with Gasteiger partial charge in [-0.05, 0) is 19.8 Å². The zero-order valence-corrected chi connectivity index (χ0v) is 14.1. The first-order valence-electron chi connectivity index (χ1n) is 7.98. The average molecular weight is 338 g/mol. The Bertz CT molecular complexity index is 563. The summed E-state index contributed by atoms with van der Waals surface area (Å²) in [6.07, 6.45) is 2.23. The van der Waals surface area contributed by atoms with Crippen LogP contribution in [0.3, 0.4) is 0 Å². The number of nitrogens with zero attached hydrogens (tertiary/aromatic N) is 5. The number of anilines is 1. The minimum absolute atomic E-state index is 0.147. The summed E-state index contributed by atoms with van der Waals surface area (Å²) in [5, 5.41) is 11.9. The predicted octanol–water partition coefficient (Wildman–Crippen LogP) is 0.618. The molecule has 0 unspecified atom stereocenters. The quantitative estimate of drug-likeness (QED) is 0.874. The summed E-state index contributed by atoms with van der Waals surface area (Å²) in [5.74, 6) is 0.213. The van der Waals surface area contributed by atoms with E-state index < -0.39 is 0 Å². The average Bonchev–Trinajstić information content (AvgIpc) is 3.20. The van der Waals surface area contributed by atoms with Gasteiger partial charge in [-0.1, -0.05) is 11.3 Å². The lowest BCUT2D eigenvalue weighted by molar-refractivity contribution is -0.131. The molecule has 0 spiro atoms. The first kappa shape index (κ1) is 16.1. The third kappa shape index (κ3) is 4.17. The summed E-state index contributed by atoms with van der Waals surface area (Å²) in [5.41, 5.74) is 0. The summed E-state index contributed by atoms with van der Waals surface area (Å²) in [6, 6.07) is -0.147. The molecule has 126 valence electrons. The van der Waals surface area contributed by atoms with Gasteiger partial charge < -0.3 is 9.80 Å². The van der Waals surface area contributed by atoms with Gasteiger partial charge in [0.15, 0.2) is 0 Å². The number of likely N-dealkylation sites (tertiary alicyclic amines) is 1. The van der Waals surface area contributed by atoms with Crippen molar-refractivity contribution in [1.82, 2.24) is 24.9 Å². The maximum Gasteiger partial charge on any atom is 0.323 e. The van der Waals surface area contributed by atoms with Gasteiger partial charge in [0.25, 0.3) is 0 Å². The second-order valence-electron chi connectivity index (χ2n) is 5.91. The van der Waals surface area contributed by atoms with Gasteiger partial charge in [0.05, 0.1) is 6.54 Å². The number of amides is 3. The zero-order valence-electron chi connectivity index (χ0n) is 13.3. The van der Waals surface area contributed by atoms with Gasteiger partial charge in [-0.25, -0.2) is 4.79 Å². The highest BCUT2D eigenvalue weighted by Gasteiger charge is 2.25. The number of rotatable bonds is 3. The molecule has 1 aromatic rings. The maximum atomic E-state index is 12.2. The summed E-state index contributed by atoms with van der Waals surface area (Å²) in [4.78, 5) is 30.1. The van der Waals surface area contributed by atoms with Gasteiger partial charge in [0.2, 0.25) is 11.0 Å². The van der Waals surface area contributed by atoms with Crippen molar-refractivity contribution in [3.63, 3.8) is 0 Å². The summed E-state index contributed by atoms with van der Waals surface area (Å²) >= 11 is 1.36. The molecule has 1 N–H and O–H groups in total. The molecule has 1 aromatic heterocycles. The number of aromatic nitrogens is 2. The number of hydrogen-bond acceptors (Lipinski definition) is 6. The van der Waals surface area contributed by atoms with Crippen LogP contribution in [0, 0.1) is 6.92 Å². The standard InChI is InChI=1S/C14H22N6O2S/c1-11-16-17-13(23-11)15-14(22)20-8-6-18(7-9-20)10-12(21)19-4-2-3-5-19/h2-10H2,1H3,(H,15,17,22). The van der Waals surface area contributed by atoms with Gasteiger partial charge in [0.1, 0.15) is 5.01 Å². The van der Waals surface area contributed by atoms with Crippen LogP contribution in [0.25, 0.3) is 0 Å². The molecule has 2 aliphatic rings. The fourth-order valence-corrected chi connectivity index (χ4v) is 3.47. The molecule has 9 heteroatoms. The highest BCUT2D eigenvalue weighted by molar-refractivity contribution is 7.15. The van der Waals surface area contributed by atoms with E-state index in [1.165, 1.54) is 11.3 Å². The van der Waals surface area contributed by atoms with Crippen molar-refractivity contribution in [3.05, 3.63) is 5.01 Å². The fourth-order valence-electron chi connectivity index (χ4n) is 2.88. The van der Waals surface area contributed by atoms with E-state index in [0.717, 1.165) is 44.0 Å². The Morgan fingerprint density at radius 2 is 1.74 bits per heavy atom. The Balaban J connectivity index is 1.42. The molecular weight excluding hydrogens is 316 g/mol. The van der Waals surface area contributed by atoms with Crippen molar-refractivity contribution in [2.75, 3.05) is 51.1 Å². The Hall–Kier alpha value is -1.74. The fraction of sp³-hybridized carbons (Fsp3) is 0.714. The minimum Gasteiger partial charge on any atom is -0.342 e. The lowest BCUT2D eigenvalue weighted by Crippen LogP contribution is -2.52. The largest absolute Gasteiger partial charge is 0.342 e. The maximum absolute atomic E-state index is 12.2. The van der Waals surface area contributed by atoms with E-state index in [2.05, 4.69) is 20.4 Å². The molecule has 3 rings (SSSR count). The number of urea groups is 1. The molecule has 2 saturated heterocycles. The van der Waals surface area contributed by atoms with Crippen molar-refractivity contribution < 1.29 is 9.59 Å². The third-order valence-corrected chi connectivity index (χ3v) is 4.97. The van der Waals surface area contributed by atoms with Gasteiger partial charge >= 0.3 is 6.03 Å². The Morgan fingerprint density at radius 3 is 2.35 bits per heavy atom. The number of nitrogens with one attached hydrogen (secondary N) is 1. The second-order valence-corrected chi connectivity index (χ2v) is 7.09. The normalized spacial score (nSPS) is 19.2. The van der Waals surface area contributed by atoms with E-state index in [0.29, 0.717) is 24.8 Å². The lowest BCUT2D eigenvalue weighted by Gasteiger charge is -2.34. The van der Waals surface area contributed by atoms with Crippen LogP contribution in [0.4, 0.5) is 9.93 Å². The molecule has 0 atom stereocenters. The van der Waals surface area contributed by atoms with Crippen molar-refractivity contribution in [2.24, 2.45) is 0 Å². The van der Waals surface area contributed by atoms with Crippen LogP contribution in [0.2, 0.25) is 0 Å². The second kappa shape index (κ2) is 7.22. The molecule has 2 aliphatic heterocycles. The molecule has 0 aliphatic carbocycles. The predicted molar refractivity (Wildman–Crippen MR) is 87.5 cm³/mol. The van der Waals surface area contributed by atoms with Gasteiger partial charge in [-0.2, -0.15) is 0 Å². The van der Waals surface area contributed by atoms with Crippen molar-refractivity contribution in [2.45, 2.75) is 19.8 Å². The van der Waals surface area contributed by atoms with E-state index in [-0.39, 0.29) is 11.9 Å². The van der Waals surface area contributed by atoms with E-state index in [9.17, 15) is 9.59 Å². The SMILES string of the molecule is Cc1nnc(NC(=O)N2CCN(CC(=O)N3CCCC3)CC2)s1. The molecule has 0 saturated carbocycles. The molecule has 0 radical (unpaired) electrons. The number of carbonyl (C=O) groups is 2. The number of aryl methyl sites for hydroxylation is 1. The summed E-state index contributed by atoms with van der Waals surface area (Å²) in [6.45, 7) is 6.79. The van der Waals surface area contributed by atoms with Crippen LogP contribution >= 0.6 is 11.3 Å². The smallest absolute Gasteiger partial charge is 0.323 e. The highest BCUT2D eigenvalue weighted by atomic mass is 32.1. The van der Waals surface area contributed by atoms with Crippen molar-refractivity contribution >= 4 is 28.4 Å². The van der Waals surface area contributed by atoms with Gasteiger partial charge in [-0.3, -0.25) is 15.0 Å². The lowest BCUT2D eigenvalue weighted by atomic mass is 10.3. The third-order valence-electron chi connectivity index (χ3n) is 4.22. The first-order chi connectivity index (χ1) is 11.1. The van der Waals surface area contributed by atoms with Gasteiger partial charge in [0, 0.05) is 39.3 Å². The molecule has 3 heterocycles. The summed E-state index contributed by atoms with van der Waals surface area (Å²) in [7, 11) is 0. The van der Waals surface area contributed by atoms with Crippen LogP contribution in [0.5, 0.6) is 0 Å². The number of hydrogen-bond donors (Lipinski definition) is 1. The van der Waals surface area contributed by atoms with Crippen molar-refractivity contribution in [3.8, 4) is 0 Å². The molecule has 2 fully saturated rings. The highest BCUT2D eigenvalue weighted by Crippen LogP contribution is 2.15. The Labute approximate surface area is 139 Å². The zero-order chi connectivity index (χ0) is 16.2. The summed E-state index contributed by atoms with van der Waals surface area (Å²) < 4.78 is 0. The van der Waals surface area contributed by atoms with Crippen LogP contribution in [0.15, 0.2) is 0 Å². The first-order valence-corrected chi connectivity index (χ1v) is 8.79. The molecule has 23 heavy (non-hydrogen) atoms. The monoisotopic (exact) mass is 338 g/mol. The molecular formula is C14H22N6O2S. The molecule has 0 bridgehead atoms. The van der Waals surface area contributed by atoms with E-state index in [1.54, 1.807) is 4.90 Å². The van der Waals surface area contributed by atoms with E-state index >= 15 is 0 Å². The molecule has 8 nitrogen and oxygen atoms in total. The van der Waals surface area contributed by atoms with Crippen LogP contribution < -0.4 is 5.32 Å². The topological polar surface area (TPSA) is 81.7 Å². The van der Waals surface area contributed by atoms with Crippen LogP contribution in [-0.2, 0) is 4.79 Å². The Kier molecular flexibility index (Phi) is 5.06. The van der Waals surface area contributed by atoms with E-state index in [4.69, 9.17) is 0 Å². The molecule has 3 amide bonds. The number of piperazine rings is 1. The van der Waals surface area contributed by atoms with E-state index in [1.807, 2.05) is 11.8 Å². The minimum atomic E-state index is -0.147. The Morgan fingerprint density at radius 1 is 1.04 bits per heavy atom. The number of carbonyl (C=O) groups excluding carboxylic acids is 2. The van der Waals surface area contributed by atoms with Crippen LogP contribution in [0.1, 0.15) is 17.8 Å². The molecule has 0 aromatic carbocycles. The van der Waals surface area contributed by atoms with Crippen LogP contribution in [-0.4, -0.2) is 82.6 Å².